The molecular weight excluding hydrogens is 412 g/mol. The second-order valence-electron chi connectivity index (χ2n) is 6.21. The molecule has 1 N–H and O–H groups in total. The van der Waals surface area contributed by atoms with E-state index in [1.807, 2.05) is 41.3 Å². The monoisotopic (exact) mass is 432 g/mol. The minimum absolute atomic E-state index is 0.000848. The van der Waals surface area contributed by atoms with Crippen molar-refractivity contribution < 1.29 is 9.59 Å². The summed E-state index contributed by atoms with van der Waals surface area (Å²) in [6.07, 6.45) is 2.10. The van der Waals surface area contributed by atoms with Gasteiger partial charge >= 0.3 is 0 Å². The number of nitrogens with zero attached hydrogens (tertiary/aromatic N) is 1. The molecule has 26 heavy (non-hydrogen) atoms. The average Bonchev–Trinajstić information content (AvgIpc) is 3.18. The van der Waals surface area contributed by atoms with Crippen molar-refractivity contribution >= 4 is 45.2 Å². The van der Waals surface area contributed by atoms with E-state index in [1.165, 1.54) is 5.56 Å². The Kier molecular flexibility index (Phi) is 6.74. The number of anilines is 1. The number of carbonyl (C=O) groups excluding carboxylic acids is 2. The third kappa shape index (κ3) is 5.11. The number of carbonyl (C=O) groups is 2. The fourth-order valence-corrected chi connectivity index (χ4v) is 3.95. The minimum atomic E-state index is -0.0891. The van der Waals surface area contributed by atoms with Crippen molar-refractivity contribution in [2.75, 3.05) is 24.2 Å². The van der Waals surface area contributed by atoms with Gasteiger partial charge in [0.2, 0.25) is 5.91 Å². The molecule has 2 aromatic rings. The SMILES string of the molecule is O=C(CSCc1ccc(Br)cc1)Nc1ccccc1C(=O)N1CCCC1. The molecule has 2 aromatic carbocycles. The van der Waals surface area contributed by atoms with Crippen molar-refractivity contribution in [1.29, 1.82) is 0 Å². The zero-order chi connectivity index (χ0) is 18.4. The first-order chi connectivity index (χ1) is 12.6. The number of halogens is 1. The van der Waals surface area contributed by atoms with Crippen LogP contribution in [0, 0.1) is 0 Å². The highest BCUT2D eigenvalue weighted by molar-refractivity contribution is 9.10. The van der Waals surface area contributed by atoms with Crippen molar-refractivity contribution in [3.63, 3.8) is 0 Å². The molecule has 0 unspecified atom stereocenters. The van der Waals surface area contributed by atoms with Gasteiger partial charge in [0.25, 0.3) is 5.91 Å². The Morgan fingerprint density at radius 2 is 1.73 bits per heavy atom. The second-order valence-corrected chi connectivity index (χ2v) is 8.11. The first-order valence-corrected chi connectivity index (χ1v) is 10.6. The summed E-state index contributed by atoms with van der Waals surface area (Å²) >= 11 is 4.97. The Morgan fingerprint density at radius 1 is 1.04 bits per heavy atom. The number of hydrogen-bond donors (Lipinski definition) is 1. The fraction of sp³-hybridized carbons (Fsp3) is 0.300. The number of thioether (sulfide) groups is 1. The molecule has 0 atom stereocenters. The molecule has 1 fully saturated rings. The van der Waals surface area contributed by atoms with E-state index in [-0.39, 0.29) is 11.8 Å². The molecule has 0 bridgehead atoms. The number of para-hydroxylation sites is 1. The quantitative estimate of drug-likeness (QED) is 0.727. The summed E-state index contributed by atoms with van der Waals surface area (Å²) in [7, 11) is 0. The molecule has 0 spiro atoms. The number of amides is 2. The predicted molar refractivity (Wildman–Crippen MR) is 111 cm³/mol. The van der Waals surface area contributed by atoms with Gasteiger partial charge in [-0.05, 0) is 42.7 Å². The Balaban J connectivity index is 1.55. The van der Waals surface area contributed by atoms with Crippen LogP contribution >= 0.6 is 27.7 Å². The molecule has 136 valence electrons. The summed E-state index contributed by atoms with van der Waals surface area (Å²) < 4.78 is 1.04. The summed E-state index contributed by atoms with van der Waals surface area (Å²) in [5.41, 5.74) is 2.34. The van der Waals surface area contributed by atoms with Crippen LogP contribution in [-0.2, 0) is 10.5 Å². The van der Waals surface area contributed by atoms with Crippen LogP contribution in [-0.4, -0.2) is 35.6 Å². The topological polar surface area (TPSA) is 49.4 Å². The van der Waals surface area contributed by atoms with E-state index in [4.69, 9.17) is 0 Å². The molecule has 0 aliphatic carbocycles. The predicted octanol–water partition coefficient (Wildman–Crippen LogP) is 4.56. The van der Waals surface area contributed by atoms with E-state index in [2.05, 4.69) is 21.2 Å². The van der Waals surface area contributed by atoms with Gasteiger partial charge in [-0.2, -0.15) is 0 Å². The van der Waals surface area contributed by atoms with Gasteiger partial charge in [-0.25, -0.2) is 0 Å². The zero-order valence-corrected chi connectivity index (χ0v) is 16.8. The molecule has 0 saturated carbocycles. The lowest BCUT2D eigenvalue weighted by atomic mass is 10.1. The highest BCUT2D eigenvalue weighted by atomic mass is 79.9. The van der Waals surface area contributed by atoms with E-state index >= 15 is 0 Å². The molecule has 0 radical (unpaired) electrons. The lowest BCUT2D eigenvalue weighted by Crippen LogP contribution is -2.29. The minimum Gasteiger partial charge on any atom is -0.339 e. The smallest absolute Gasteiger partial charge is 0.255 e. The van der Waals surface area contributed by atoms with Crippen molar-refractivity contribution in [2.24, 2.45) is 0 Å². The van der Waals surface area contributed by atoms with Crippen LogP contribution in [0.3, 0.4) is 0 Å². The highest BCUT2D eigenvalue weighted by Crippen LogP contribution is 2.21. The van der Waals surface area contributed by atoms with Crippen LogP contribution in [0.25, 0.3) is 0 Å². The Labute approximate surface area is 166 Å². The lowest BCUT2D eigenvalue weighted by Gasteiger charge is -2.18. The van der Waals surface area contributed by atoms with E-state index in [1.54, 1.807) is 23.9 Å². The van der Waals surface area contributed by atoms with Crippen LogP contribution in [0.5, 0.6) is 0 Å². The zero-order valence-electron chi connectivity index (χ0n) is 14.4. The van der Waals surface area contributed by atoms with Crippen LogP contribution in [0.15, 0.2) is 53.0 Å². The molecule has 4 nitrogen and oxygen atoms in total. The normalized spacial score (nSPS) is 13.7. The van der Waals surface area contributed by atoms with Gasteiger partial charge in [0.1, 0.15) is 0 Å². The summed E-state index contributed by atoms with van der Waals surface area (Å²) in [5.74, 6) is 1.03. The number of hydrogen-bond acceptors (Lipinski definition) is 3. The van der Waals surface area contributed by atoms with Crippen LogP contribution in [0.4, 0.5) is 5.69 Å². The first-order valence-electron chi connectivity index (χ1n) is 8.64. The van der Waals surface area contributed by atoms with Gasteiger partial charge in [0.15, 0.2) is 0 Å². The summed E-state index contributed by atoms with van der Waals surface area (Å²) in [6.45, 7) is 1.59. The molecule has 2 amide bonds. The molecule has 0 aromatic heterocycles. The maximum absolute atomic E-state index is 12.6. The van der Waals surface area contributed by atoms with Crippen molar-refractivity contribution in [1.82, 2.24) is 4.90 Å². The number of benzene rings is 2. The van der Waals surface area contributed by atoms with Crippen LogP contribution in [0.2, 0.25) is 0 Å². The Morgan fingerprint density at radius 3 is 2.46 bits per heavy atom. The number of rotatable bonds is 6. The summed E-state index contributed by atoms with van der Waals surface area (Å²) in [6, 6.07) is 15.3. The second kappa shape index (κ2) is 9.24. The lowest BCUT2D eigenvalue weighted by molar-refractivity contribution is -0.113. The first kappa shape index (κ1) is 19.0. The average molecular weight is 433 g/mol. The van der Waals surface area contributed by atoms with E-state index in [9.17, 15) is 9.59 Å². The molecule has 1 aliphatic heterocycles. The Bertz CT molecular complexity index is 774. The number of likely N-dealkylation sites (tertiary alicyclic amines) is 1. The van der Waals surface area contributed by atoms with E-state index < -0.39 is 0 Å². The maximum atomic E-state index is 12.6. The van der Waals surface area contributed by atoms with Gasteiger partial charge in [0.05, 0.1) is 17.0 Å². The van der Waals surface area contributed by atoms with Crippen molar-refractivity contribution in [3.05, 3.63) is 64.1 Å². The third-order valence-corrected chi connectivity index (χ3v) is 5.77. The fourth-order valence-electron chi connectivity index (χ4n) is 2.90. The van der Waals surface area contributed by atoms with Gasteiger partial charge in [-0.15, -0.1) is 11.8 Å². The Hall–Kier alpha value is -1.79. The molecular formula is C20H21BrN2O2S. The van der Waals surface area contributed by atoms with E-state index in [0.717, 1.165) is 36.2 Å². The van der Waals surface area contributed by atoms with Crippen LogP contribution < -0.4 is 5.32 Å². The van der Waals surface area contributed by atoms with Crippen molar-refractivity contribution in [2.45, 2.75) is 18.6 Å². The summed E-state index contributed by atoms with van der Waals surface area (Å²) in [5, 5.41) is 2.90. The van der Waals surface area contributed by atoms with E-state index in [0.29, 0.717) is 17.0 Å². The molecule has 1 heterocycles. The summed E-state index contributed by atoms with van der Waals surface area (Å²) in [4.78, 5) is 26.8. The molecule has 6 heteroatoms. The van der Waals surface area contributed by atoms with Crippen LogP contribution in [0.1, 0.15) is 28.8 Å². The number of nitrogens with one attached hydrogen (secondary N) is 1. The van der Waals surface area contributed by atoms with Gasteiger partial charge in [-0.1, -0.05) is 40.2 Å². The standard InChI is InChI=1S/C20H21BrN2O2S/c21-16-9-7-15(8-10-16)13-26-14-19(24)22-18-6-2-1-5-17(18)20(25)23-11-3-4-12-23/h1-2,5-10H,3-4,11-14H2,(H,22,24). The van der Waals surface area contributed by atoms with Gasteiger partial charge in [0, 0.05) is 23.3 Å². The van der Waals surface area contributed by atoms with Crippen molar-refractivity contribution in [3.8, 4) is 0 Å². The molecule has 1 saturated heterocycles. The van der Waals surface area contributed by atoms with Gasteiger partial charge < -0.3 is 10.2 Å². The highest BCUT2D eigenvalue weighted by Gasteiger charge is 2.22. The van der Waals surface area contributed by atoms with Gasteiger partial charge in [-0.3, -0.25) is 9.59 Å². The maximum Gasteiger partial charge on any atom is 0.255 e. The third-order valence-electron chi connectivity index (χ3n) is 4.24. The molecule has 3 rings (SSSR count). The molecule has 1 aliphatic rings. The largest absolute Gasteiger partial charge is 0.339 e.